The molecule has 0 unspecified atom stereocenters. The van der Waals surface area contributed by atoms with Crippen molar-refractivity contribution in [1.82, 2.24) is 4.98 Å². The van der Waals surface area contributed by atoms with Crippen LogP contribution in [0.2, 0.25) is 5.02 Å². The Morgan fingerprint density at radius 3 is 2.44 bits per heavy atom. The Morgan fingerprint density at radius 1 is 1.28 bits per heavy atom. The Kier molecular flexibility index (Phi) is 7.91. The predicted octanol–water partition coefficient (Wildman–Crippen LogP) is 6.01. The standard InChI is InChI=1S/C18H19ClF2N2.C2H4/c1-12-6-4-5-7-13(12)8-9-16(22-3)17-15(19)10-14(11-23-17)18(2,20)21;1-2/h4-7,10-11H,8-9H2,1-3H3;1-2H2. The van der Waals surface area contributed by atoms with E-state index in [4.69, 9.17) is 11.6 Å². The zero-order valence-electron chi connectivity index (χ0n) is 14.8. The number of nitrogens with zero attached hydrogens (tertiary/aromatic N) is 2. The Balaban J connectivity index is 0.00000151. The molecular weight excluding hydrogens is 342 g/mol. The minimum atomic E-state index is -2.96. The zero-order chi connectivity index (χ0) is 19.0. The van der Waals surface area contributed by atoms with Crippen molar-refractivity contribution in [3.8, 4) is 0 Å². The van der Waals surface area contributed by atoms with Gasteiger partial charge in [-0.25, -0.2) is 8.78 Å². The molecule has 0 spiro atoms. The largest absolute Gasteiger partial charge is 0.291 e. The first-order valence-electron chi connectivity index (χ1n) is 7.87. The van der Waals surface area contributed by atoms with Crippen LogP contribution in [0.1, 0.15) is 35.7 Å². The summed E-state index contributed by atoms with van der Waals surface area (Å²) in [6.45, 7) is 8.88. The van der Waals surface area contributed by atoms with Gasteiger partial charge >= 0.3 is 0 Å². The number of hydrogen-bond acceptors (Lipinski definition) is 2. The van der Waals surface area contributed by atoms with Crippen LogP contribution in [0.15, 0.2) is 54.7 Å². The maximum atomic E-state index is 13.3. The molecule has 0 bridgehead atoms. The quantitative estimate of drug-likeness (QED) is 0.471. The number of halogens is 3. The summed E-state index contributed by atoms with van der Waals surface area (Å²) in [5.74, 6) is -2.96. The summed E-state index contributed by atoms with van der Waals surface area (Å²) in [6, 6.07) is 9.38. The molecule has 0 aliphatic rings. The van der Waals surface area contributed by atoms with Gasteiger partial charge in [0.15, 0.2) is 0 Å². The van der Waals surface area contributed by atoms with E-state index in [9.17, 15) is 8.78 Å². The Bertz CT molecular complexity index is 737. The van der Waals surface area contributed by atoms with E-state index in [0.717, 1.165) is 13.3 Å². The molecule has 0 saturated heterocycles. The van der Waals surface area contributed by atoms with Gasteiger partial charge in [-0.2, -0.15) is 0 Å². The SMILES string of the molecule is C=C.CN=C(CCc1ccccc1C)c1ncc(C(C)(F)F)cc1Cl. The Hall–Kier alpha value is -2.07. The molecule has 0 radical (unpaired) electrons. The summed E-state index contributed by atoms with van der Waals surface area (Å²) in [7, 11) is 1.66. The lowest BCUT2D eigenvalue weighted by atomic mass is 10.0. The molecule has 0 fully saturated rings. The van der Waals surface area contributed by atoms with Crippen LogP contribution in [0.4, 0.5) is 8.78 Å². The van der Waals surface area contributed by atoms with Crippen LogP contribution in [0, 0.1) is 6.92 Å². The molecule has 0 N–H and O–H groups in total. The first-order chi connectivity index (χ1) is 11.8. The third-order valence-electron chi connectivity index (χ3n) is 3.78. The average Bonchev–Trinajstić information content (AvgIpc) is 2.59. The van der Waals surface area contributed by atoms with Crippen molar-refractivity contribution in [2.24, 2.45) is 4.99 Å². The normalized spacial score (nSPS) is 11.7. The van der Waals surface area contributed by atoms with Crippen LogP contribution < -0.4 is 0 Å². The highest BCUT2D eigenvalue weighted by molar-refractivity contribution is 6.34. The molecule has 0 aliphatic heterocycles. The number of pyridine rings is 1. The van der Waals surface area contributed by atoms with E-state index in [2.05, 4.69) is 42.2 Å². The van der Waals surface area contributed by atoms with Crippen molar-refractivity contribution < 1.29 is 8.78 Å². The van der Waals surface area contributed by atoms with Gasteiger partial charge in [0.1, 0.15) is 5.69 Å². The van der Waals surface area contributed by atoms with E-state index >= 15 is 0 Å². The smallest absolute Gasteiger partial charge is 0.272 e. The third kappa shape index (κ3) is 5.75. The summed E-state index contributed by atoms with van der Waals surface area (Å²) in [6.07, 6.45) is 2.61. The van der Waals surface area contributed by atoms with E-state index in [0.29, 0.717) is 17.8 Å². The highest BCUT2D eigenvalue weighted by Crippen LogP contribution is 2.29. The van der Waals surface area contributed by atoms with E-state index < -0.39 is 5.92 Å². The number of benzene rings is 1. The van der Waals surface area contributed by atoms with Gasteiger partial charge in [0.05, 0.1) is 10.7 Å². The topological polar surface area (TPSA) is 25.2 Å². The van der Waals surface area contributed by atoms with Crippen LogP contribution in [-0.2, 0) is 12.3 Å². The highest BCUT2D eigenvalue weighted by Gasteiger charge is 2.26. The molecule has 0 aliphatic carbocycles. The number of aromatic nitrogens is 1. The molecule has 2 rings (SSSR count). The van der Waals surface area contributed by atoms with Gasteiger partial charge in [0.25, 0.3) is 5.92 Å². The van der Waals surface area contributed by atoms with Gasteiger partial charge in [0.2, 0.25) is 0 Å². The van der Waals surface area contributed by atoms with E-state index in [1.54, 1.807) is 7.05 Å². The van der Waals surface area contributed by atoms with E-state index in [1.807, 2.05) is 12.1 Å². The van der Waals surface area contributed by atoms with Gasteiger partial charge in [-0.3, -0.25) is 9.98 Å². The fourth-order valence-electron chi connectivity index (χ4n) is 2.37. The minimum Gasteiger partial charge on any atom is -0.291 e. The van der Waals surface area contributed by atoms with E-state index in [1.165, 1.54) is 23.4 Å². The van der Waals surface area contributed by atoms with Crippen LogP contribution in [0.5, 0.6) is 0 Å². The fourth-order valence-corrected chi connectivity index (χ4v) is 2.65. The number of aliphatic imine (C=N–C) groups is 1. The summed E-state index contributed by atoms with van der Waals surface area (Å²) < 4.78 is 26.7. The Labute approximate surface area is 153 Å². The lowest BCUT2D eigenvalue weighted by Crippen LogP contribution is -2.11. The van der Waals surface area contributed by atoms with E-state index in [-0.39, 0.29) is 10.6 Å². The molecule has 1 aromatic heterocycles. The van der Waals surface area contributed by atoms with Crippen LogP contribution >= 0.6 is 11.6 Å². The van der Waals surface area contributed by atoms with Crippen molar-refractivity contribution >= 4 is 17.3 Å². The molecule has 25 heavy (non-hydrogen) atoms. The van der Waals surface area contributed by atoms with Gasteiger partial charge in [-0.15, -0.1) is 13.2 Å². The van der Waals surface area contributed by atoms with Crippen LogP contribution in [0.3, 0.4) is 0 Å². The van der Waals surface area contributed by atoms with Crippen LogP contribution in [0.25, 0.3) is 0 Å². The van der Waals surface area contributed by atoms with Crippen molar-refractivity contribution in [1.29, 1.82) is 0 Å². The van der Waals surface area contributed by atoms with Gasteiger partial charge in [-0.05, 0) is 37.0 Å². The van der Waals surface area contributed by atoms with Crippen molar-refractivity contribution in [2.45, 2.75) is 32.6 Å². The van der Waals surface area contributed by atoms with Crippen LogP contribution in [-0.4, -0.2) is 17.7 Å². The molecule has 5 heteroatoms. The van der Waals surface area contributed by atoms with Crippen molar-refractivity contribution in [3.63, 3.8) is 0 Å². The fraction of sp³-hybridized carbons (Fsp3) is 0.300. The van der Waals surface area contributed by atoms with Gasteiger partial charge in [0, 0.05) is 25.7 Å². The monoisotopic (exact) mass is 364 g/mol. The van der Waals surface area contributed by atoms with Crippen molar-refractivity contribution in [3.05, 3.63) is 77.1 Å². The molecular formula is C20H23ClF2N2. The average molecular weight is 365 g/mol. The predicted molar refractivity (Wildman–Crippen MR) is 102 cm³/mol. The first-order valence-corrected chi connectivity index (χ1v) is 8.25. The molecule has 1 heterocycles. The molecule has 0 amide bonds. The molecule has 2 nitrogen and oxygen atoms in total. The second kappa shape index (κ2) is 9.42. The molecule has 0 saturated carbocycles. The summed E-state index contributed by atoms with van der Waals surface area (Å²) >= 11 is 6.15. The number of aryl methyl sites for hydroxylation is 2. The summed E-state index contributed by atoms with van der Waals surface area (Å²) in [5.41, 5.74) is 3.42. The number of alkyl halides is 2. The maximum Gasteiger partial charge on any atom is 0.272 e. The zero-order valence-corrected chi connectivity index (χ0v) is 15.6. The van der Waals surface area contributed by atoms with Crippen molar-refractivity contribution in [2.75, 3.05) is 7.05 Å². The summed E-state index contributed by atoms with van der Waals surface area (Å²) in [5, 5.41) is 0.203. The lowest BCUT2D eigenvalue weighted by Gasteiger charge is -2.13. The molecule has 0 atom stereocenters. The highest BCUT2D eigenvalue weighted by atomic mass is 35.5. The number of hydrogen-bond donors (Lipinski definition) is 0. The lowest BCUT2D eigenvalue weighted by molar-refractivity contribution is 0.0171. The van der Waals surface area contributed by atoms with Gasteiger partial charge < -0.3 is 0 Å². The molecule has 1 aromatic carbocycles. The second-order valence-corrected chi connectivity index (χ2v) is 5.95. The van der Waals surface area contributed by atoms with Gasteiger partial charge in [-0.1, -0.05) is 35.9 Å². The molecule has 134 valence electrons. The third-order valence-corrected chi connectivity index (χ3v) is 4.07. The second-order valence-electron chi connectivity index (χ2n) is 5.54. The maximum absolute atomic E-state index is 13.3. The summed E-state index contributed by atoms with van der Waals surface area (Å²) in [4.78, 5) is 8.35. The molecule has 2 aromatic rings. The minimum absolute atomic E-state index is 0.194. The first kappa shape index (κ1) is 21.0. The number of rotatable bonds is 5. The Morgan fingerprint density at radius 2 is 1.92 bits per heavy atom.